The lowest BCUT2D eigenvalue weighted by atomic mass is 10.1. The van der Waals surface area contributed by atoms with E-state index in [1.54, 1.807) is 49.1 Å². The Morgan fingerprint density at radius 3 is 2.53 bits per heavy atom. The number of likely N-dealkylation sites (N-methyl/N-ethyl adjacent to an activating group) is 1. The minimum absolute atomic E-state index is 0.242. The minimum atomic E-state index is -3.81. The molecule has 1 unspecified atom stereocenters. The van der Waals surface area contributed by atoms with E-state index in [1.165, 1.54) is 11.0 Å². The fraction of sp³-hybridized carbons (Fsp3) is 0.286. The highest BCUT2D eigenvalue weighted by Crippen LogP contribution is 2.22. The first kappa shape index (κ1) is 24.8. The molecule has 0 saturated heterocycles. The third-order valence-electron chi connectivity index (χ3n) is 4.25. The molecule has 0 fully saturated rings. The van der Waals surface area contributed by atoms with Crippen LogP contribution in [0.5, 0.6) is 0 Å². The normalized spacial score (nSPS) is 12.8. The summed E-state index contributed by atoms with van der Waals surface area (Å²) >= 11 is 13.7. The number of amides is 1. The number of carbonyl (C=O) groups excluding carboxylic acids is 1. The molecular weight excluding hydrogens is 463 g/mol. The van der Waals surface area contributed by atoms with Crippen LogP contribution in [-0.4, -0.2) is 44.3 Å². The number of nitrogens with zero attached hydrogens (tertiary/aromatic N) is 1. The van der Waals surface area contributed by atoms with Crippen molar-refractivity contribution in [2.45, 2.75) is 19.0 Å². The molecule has 0 saturated carbocycles. The minimum Gasteiger partial charge on any atom is -0.340 e. The predicted octanol–water partition coefficient (Wildman–Crippen LogP) is 4.66. The van der Waals surface area contributed by atoms with Crippen molar-refractivity contribution in [2.75, 3.05) is 19.1 Å². The molecule has 162 valence electrons. The lowest BCUT2D eigenvalue weighted by Crippen LogP contribution is -2.46. The zero-order valence-electron chi connectivity index (χ0n) is 16.7. The Balaban J connectivity index is 2.12. The summed E-state index contributed by atoms with van der Waals surface area (Å²) in [6, 6.07) is 13.3. The Kier molecular flexibility index (Phi) is 9.71. The second kappa shape index (κ2) is 11.8. The van der Waals surface area contributed by atoms with Gasteiger partial charge >= 0.3 is 0 Å². The van der Waals surface area contributed by atoms with Crippen molar-refractivity contribution in [3.8, 4) is 0 Å². The van der Waals surface area contributed by atoms with Crippen molar-refractivity contribution in [3.05, 3.63) is 75.1 Å². The molecule has 0 radical (unpaired) electrons. The third kappa shape index (κ3) is 7.96. The molecule has 0 aromatic heterocycles. The zero-order chi connectivity index (χ0) is 22.1. The number of carbonyl (C=O) groups is 1. The van der Waals surface area contributed by atoms with Gasteiger partial charge in [0.1, 0.15) is 6.04 Å². The first-order chi connectivity index (χ1) is 14.2. The second-order valence-corrected chi connectivity index (χ2v) is 10.1. The molecule has 0 aliphatic carbocycles. The van der Waals surface area contributed by atoms with Crippen molar-refractivity contribution in [3.63, 3.8) is 0 Å². The summed E-state index contributed by atoms with van der Waals surface area (Å²) < 4.78 is 27.6. The molecule has 5 nitrogen and oxygen atoms in total. The number of rotatable bonds is 10. The van der Waals surface area contributed by atoms with Crippen molar-refractivity contribution in [1.29, 1.82) is 0 Å². The fourth-order valence-electron chi connectivity index (χ4n) is 2.69. The molecule has 0 bridgehead atoms. The van der Waals surface area contributed by atoms with E-state index in [1.807, 2.05) is 24.5 Å². The highest BCUT2D eigenvalue weighted by Gasteiger charge is 2.26. The smallest absolute Gasteiger partial charge is 0.240 e. The number of nitrogens with one attached hydrogen (secondary N) is 1. The van der Waals surface area contributed by atoms with Gasteiger partial charge in [0.2, 0.25) is 15.9 Å². The lowest BCUT2D eigenvalue weighted by molar-refractivity contribution is -0.132. The van der Waals surface area contributed by atoms with Gasteiger partial charge in [-0.05, 0) is 47.8 Å². The van der Waals surface area contributed by atoms with Crippen LogP contribution in [0.15, 0.2) is 53.9 Å². The van der Waals surface area contributed by atoms with Gasteiger partial charge in [-0.1, -0.05) is 59.6 Å². The molecule has 9 heteroatoms. The predicted molar refractivity (Wildman–Crippen MR) is 127 cm³/mol. The van der Waals surface area contributed by atoms with Crippen molar-refractivity contribution in [2.24, 2.45) is 0 Å². The summed E-state index contributed by atoms with van der Waals surface area (Å²) in [5.41, 5.74) is 1.48. The quantitative estimate of drug-likeness (QED) is 0.529. The second-order valence-electron chi connectivity index (χ2n) is 6.64. The lowest BCUT2D eigenvalue weighted by Gasteiger charge is -2.24. The molecule has 0 heterocycles. The Bertz CT molecular complexity index is 983. The fourth-order valence-corrected chi connectivity index (χ4v) is 4.66. The van der Waals surface area contributed by atoms with Crippen LogP contribution in [0.1, 0.15) is 17.5 Å². The summed E-state index contributed by atoms with van der Waals surface area (Å²) in [7, 11) is -2.19. The zero-order valence-corrected chi connectivity index (χ0v) is 19.9. The van der Waals surface area contributed by atoms with Gasteiger partial charge in [-0.15, -0.1) is 0 Å². The molecule has 0 aliphatic rings. The maximum absolute atomic E-state index is 13.0. The van der Waals surface area contributed by atoms with Gasteiger partial charge in [-0.3, -0.25) is 4.79 Å². The molecule has 30 heavy (non-hydrogen) atoms. The van der Waals surface area contributed by atoms with Crippen LogP contribution in [0.4, 0.5) is 0 Å². The number of halogens is 2. The number of thioether (sulfide) groups is 1. The summed E-state index contributed by atoms with van der Waals surface area (Å²) in [5.74, 6) is 0.309. The average molecular weight is 487 g/mol. The van der Waals surface area contributed by atoms with Crippen molar-refractivity contribution >= 4 is 57.0 Å². The Labute approximate surface area is 192 Å². The number of hydrogen-bond donors (Lipinski definition) is 1. The number of hydrogen-bond acceptors (Lipinski definition) is 4. The molecule has 1 amide bonds. The maximum Gasteiger partial charge on any atom is 0.240 e. The molecule has 2 aromatic rings. The van der Waals surface area contributed by atoms with Gasteiger partial charge in [0.25, 0.3) is 0 Å². The van der Waals surface area contributed by atoms with E-state index in [0.717, 1.165) is 16.5 Å². The SMILES string of the molecule is CSCCC(NS(=O)(=O)/C=C/c1ccccc1)C(=O)N(C)Cc1ccc(Cl)cc1Cl. The van der Waals surface area contributed by atoms with E-state index in [-0.39, 0.29) is 12.5 Å². The van der Waals surface area contributed by atoms with E-state index < -0.39 is 16.1 Å². The molecular formula is C21H24Cl2N2O3S2. The standard InChI is InChI=1S/C21H24Cl2N2O3S2/c1-25(15-17-8-9-18(22)14-19(17)23)21(26)20(10-12-29-2)24-30(27,28)13-11-16-6-4-3-5-7-16/h3-9,11,13-14,20,24H,10,12,15H2,1-2H3/b13-11+. The number of sulfonamides is 1. The van der Waals surface area contributed by atoms with Crippen LogP contribution >= 0.6 is 35.0 Å². The van der Waals surface area contributed by atoms with Crippen LogP contribution in [-0.2, 0) is 21.4 Å². The average Bonchev–Trinajstić information content (AvgIpc) is 2.72. The monoisotopic (exact) mass is 486 g/mol. The molecule has 0 aliphatic heterocycles. The molecule has 0 spiro atoms. The molecule has 1 N–H and O–H groups in total. The van der Waals surface area contributed by atoms with Gasteiger partial charge in [-0.2, -0.15) is 16.5 Å². The van der Waals surface area contributed by atoms with E-state index in [0.29, 0.717) is 22.2 Å². The van der Waals surface area contributed by atoms with Gasteiger partial charge in [0.15, 0.2) is 0 Å². The van der Waals surface area contributed by atoms with Gasteiger partial charge < -0.3 is 4.90 Å². The Morgan fingerprint density at radius 1 is 1.20 bits per heavy atom. The summed E-state index contributed by atoms with van der Waals surface area (Å²) in [5, 5.41) is 2.04. The molecule has 1 atom stereocenters. The molecule has 2 aromatic carbocycles. The van der Waals surface area contributed by atoms with Gasteiger partial charge in [0.05, 0.1) is 0 Å². The van der Waals surface area contributed by atoms with Crippen molar-refractivity contribution in [1.82, 2.24) is 9.62 Å². The summed E-state index contributed by atoms with van der Waals surface area (Å²) in [4.78, 5) is 14.4. The van der Waals surface area contributed by atoms with E-state index in [4.69, 9.17) is 23.2 Å². The summed E-state index contributed by atoms with van der Waals surface area (Å²) in [6.07, 6.45) is 3.77. The Morgan fingerprint density at radius 2 is 1.90 bits per heavy atom. The van der Waals surface area contributed by atoms with E-state index >= 15 is 0 Å². The number of benzene rings is 2. The van der Waals surface area contributed by atoms with Gasteiger partial charge in [0, 0.05) is 29.0 Å². The van der Waals surface area contributed by atoms with E-state index in [2.05, 4.69) is 4.72 Å². The van der Waals surface area contributed by atoms with Crippen LogP contribution in [0.3, 0.4) is 0 Å². The van der Waals surface area contributed by atoms with Crippen LogP contribution in [0.25, 0.3) is 6.08 Å². The highest BCUT2D eigenvalue weighted by molar-refractivity contribution is 7.98. The third-order valence-corrected chi connectivity index (χ3v) is 6.59. The highest BCUT2D eigenvalue weighted by atomic mass is 35.5. The topological polar surface area (TPSA) is 66.5 Å². The van der Waals surface area contributed by atoms with Gasteiger partial charge in [-0.25, -0.2) is 8.42 Å². The van der Waals surface area contributed by atoms with E-state index in [9.17, 15) is 13.2 Å². The van der Waals surface area contributed by atoms with Crippen LogP contribution in [0.2, 0.25) is 10.0 Å². The molecule has 2 rings (SSSR count). The van der Waals surface area contributed by atoms with Crippen LogP contribution < -0.4 is 4.72 Å². The Hall–Kier alpha value is -1.51. The van der Waals surface area contributed by atoms with Crippen molar-refractivity contribution < 1.29 is 13.2 Å². The van der Waals surface area contributed by atoms with Crippen LogP contribution in [0, 0.1) is 0 Å². The summed E-state index contributed by atoms with van der Waals surface area (Å²) in [6.45, 7) is 0.242. The maximum atomic E-state index is 13.0. The first-order valence-corrected chi connectivity index (χ1v) is 12.8. The largest absolute Gasteiger partial charge is 0.340 e. The first-order valence-electron chi connectivity index (χ1n) is 9.15.